The second-order valence-corrected chi connectivity index (χ2v) is 5.93. The minimum absolute atomic E-state index is 0.271. The Balaban J connectivity index is 2.24. The highest BCUT2D eigenvalue weighted by atomic mass is 35.5. The Morgan fingerprint density at radius 2 is 2.15 bits per heavy atom. The van der Waals surface area contributed by atoms with Crippen LogP contribution in [0.1, 0.15) is 31.4 Å². The van der Waals surface area contributed by atoms with Crippen LogP contribution in [-0.4, -0.2) is 23.3 Å². The summed E-state index contributed by atoms with van der Waals surface area (Å²) in [6.07, 6.45) is 0.507. The average Bonchev–Trinajstić information content (AvgIpc) is 2.80. The van der Waals surface area contributed by atoms with E-state index in [4.69, 9.17) is 16.3 Å². The number of carboxylic acids is 1. The van der Waals surface area contributed by atoms with E-state index in [0.717, 1.165) is 0 Å². The van der Waals surface area contributed by atoms with Gasteiger partial charge in [-0.15, -0.1) is 0 Å². The standard InChI is InChI=1S/C15H19ClO4/c1-8-5-10(11(6-8)15(18)19)14(17)9-3-4-13(20-2)12(16)7-9/h3-4,7-8,10-11,14,17H,5-6H2,1-2H3,(H,18,19). The predicted octanol–water partition coefficient (Wildman–Crippen LogP) is 3.13. The van der Waals surface area contributed by atoms with Crippen LogP contribution in [0, 0.1) is 17.8 Å². The lowest BCUT2D eigenvalue weighted by molar-refractivity contribution is -0.144. The van der Waals surface area contributed by atoms with Gasteiger partial charge in [0.1, 0.15) is 5.75 Å². The Morgan fingerprint density at radius 3 is 2.70 bits per heavy atom. The maximum absolute atomic E-state index is 11.3. The molecule has 1 aliphatic rings. The van der Waals surface area contributed by atoms with E-state index in [1.807, 2.05) is 6.92 Å². The number of aliphatic hydroxyl groups excluding tert-OH is 1. The molecule has 4 nitrogen and oxygen atoms in total. The van der Waals surface area contributed by atoms with E-state index in [-0.39, 0.29) is 5.92 Å². The molecule has 1 aromatic carbocycles. The smallest absolute Gasteiger partial charge is 0.306 e. The number of hydrogen-bond acceptors (Lipinski definition) is 3. The van der Waals surface area contributed by atoms with Crippen LogP contribution >= 0.6 is 11.6 Å². The molecular weight excluding hydrogens is 280 g/mol. The number of benzene rings is 1. The van der Waals surface area contributed by atoms with E-state index in [0.29, 0.717) is 35.1 Å². The number of carboxylic acid groups (broad SMARTS) is 1. The van der Waals surface area contributed by atoms with Gasteiger partial charge in [-0.1, -0.05) is 24.6 Å². The highest BCUT2D eigenvalue weighted by molar-refractivity contribution is 6.32. The van der Waals surface area contributed by atoms with Crippen LogP contribution in [-0.2, 0) is 4.79 Å². The van der Waals surface area contributed by atoms with Gasteiger partial charge < -0.3 is 14.9 Å². The minimum atomic E-state index is -0.835. The largest absolute Gasteiger partial charge is 0.495 e. The van der Waals surface area contributed by atoms with Crippen molar-refractivity contribution in [3.63, 3.8) is 0 Å². The lowest BCUT2D eigenvalue weighted by Gasteiger charge is -2.23. The van der Waals surface area contributed by atoms with E-state index >= 15 is 0 Å². The van der Waals surface area contributed by atoms with Crippen LogP contribution in [0.15, 0.2) is 18.2 Å². The molecule has 1 saturated carbocycles. The normalized spacial score (nSPS) is 27.3. The zero-order valence-corrected chi connectivity index (χ0v) is 12.3. The van der Waals surface area contributed by atoms with Crippen LogP contribution in [0.25, 0.3) is 0 Å². The summed E-state index contributed by atoms with van der Waals surface area (Å²) in [5.74, 6) is -0.757. The van der Waals surface area contributed by atoms with Gasteiger partial charge in [-0.05, 0) is 36.5 Å². The Bertz CT molecular complexity index is 503. The third-order valence-electron chi connectivity index (χ3n) is 4.09. The summed E-state index contributed by atoms with van der Waals surface area (Å²) in [5, 5.41) is 20.2. The summed E-state index contributed by atoms with van der Waals surface area (Å²) in [6.45, 7) is 2.02. The number of halogens is 1. The molecule has 1 aromatic rings. The van der Waals surface area contributed by atoms with Crippen molar-refractivity contribution < 1.29 is 19.7 Å². The number of methoxy groups -OCH3 is 1. The van der Waals surface area contributed by atoms with E-state index in [9.17, 15) is 15.0 Å². The van der Waals surface area contributed by atoms with Gasteiger partial charge in [0.05, 0.1) is 24.2 Å². The number of aliphatic hydroxyl groups is 1. The van der Waals surface area contributed by atoms with Crippen molar-refractivity contribution in [3.8, 4) is 5.75 Å². The lowest BCUT2D eigenvalue weighted by atomic mass is 9.87. The maximum atomic E-state index is 11.3. The lowest BCUT2D eigenvalue weighted by Crippen LogP contribution is -2.23. The molecule has 1 fully saturated rings. The third-order valence-corrected chi connectivity index (χ3v) is 4.38. The number of aliphatic carboxylic acids is 1. The van der Waals surface area contributed by atoms with Crippen LogP contribution in [0.2, 0.25) is 5.02 Å². The zero-order valence-electron chi connectivity index (χ0n) is 11.5. The average molecular weight is 299 g/mol. The Morgan fingerprint density at radius 1 is 1.45 bits per heavy atom. The van der Waals surface area contributed by atoms with Crippen molar-refractivity contribution in [1.82, 2.24) is 0 Å². The topological polar surface area (TPSA) is 66.8 Å². The van der Waals surface area contributed by atoms with Crippen LogP contribution in [0.5, 0.6) is 5.75 Å². The second-order valence-electron chi connectivity index (χ2n) is 5.52. The fraction of sp³-hybridized carbons (Fsp3) is 0.533. The SMILES string of the molecule is COc1ccc(C(O)C2CC(C)CC2C(=O)O)cc1Cl. The van der Waals surface area contributed by atoms with Crippen LogP contribution < -0.4 is 4.74 Å². The molecule has 0 saturated heterocycles. The van der Waals surface area contributed by atoms with Crippen molar-refractivity contribution in [1.29, 1.82) is 0 Å². The van der Waals surface area contributed by atoms with Crippen molar-refractivity contribution in [2.75, 3.05) is 7.11 Å². The van der Waals surface area contributed by atoms with Crippen molar-refractivity contribution in [2.24, 2.45) is 17.8 Å². The van der Waals surface area contributed by atoms with Gasteiger partial charge in [0, 0.05) is 5.92 Å². The Labute approximate surface area is 123 Å². The highest BCUT2D eigenvalue weighted by Crippen LogP contribution is 2.44. The molecule has 0 radical (unpaired) electrons. The first kappa shape index (κ1) is 15.1. The first-order valence-electron chi connectivity index (χ1n) is 6.68. The van der Waals surface area contributed by atoms with Gasteiger partial charge in [0.25, 0.3) is 0 Å². The molecule has 0 heterocycles. The van der Waals surface area contributed by atoms with Crippen molar-refractivity contribution in [2.45, 2.75) is 25.9 Å². The maximum Gasteiger partial charge on any atom is 0.306 e. The van der Waals surface area contributed by atoms with Gasteiger partial charge in [-0.25, -0.2) is 0 Å². The van der Waals surface area contributed by atoms with Gasteiger partial charge in [0.2, 0.25) is 0 Å². The number of hydrogen-bond donors (Lipinski definition) is 2. The van der Waals surface area contributed by atoms with Crippen LogP contribution in [0.3, 0.4) is 0 Å². The van der Waals surface area contributed by atoms with E-state index in [1.165, 1.54) is 7.11 Å². The monoisotopic (exact) mass is 298 g/mol. The molecule has 110 valence electrons. The van der Waals surface area contributed by atoms with E-state index < -0.39 is 18.0 Å². The van der Waals surface area contributed by atoms with E-state index in [1.54, 1.807) is 18.2 Å². The van der Waals surface area contributed by atoms with Crippen LogP contribution in [0.4, 0.5) is 0 Å². The second kappa shape index (κ2) is 6.02. The Kier molecular flexibility index (Phi) is 4.55. The molecule has 20 heavy (non-hydrogen) atoms. The molecule has 4 unspecified atom stereocenters. The molecular formula is C15H19ClO4. The summed E-state index contributed by atoms with van der Waals surface area (Å²) in [7, 11) is 1.52. The predicted molar refractivity (Wildman–Crippen MR) is 76.0 cm³/mol. The molecule has 5 heteroatoms. The van der Waals surface area contributed by atoms with Gasteiger partial charge in [-0.2, -0.15) is 0 Å². The first-order valence-corrected chi connectivity index (χ1v) is 7.06. The molecule has 0 aliphatic heterocycles. The third kappa shape index (κ3) is 2.91. The Hall–Kier alpha value is -1.26. The number of carbonyl (C=O) groups is 1. The van der Waals surface area contributed by atoms with Crippen molar-refractivity contribution >= 4 is 17.6 Å². The highest BCUT2D eigenvalue weighted by Gasteiger charge is 2.41. The first-order chi connectivity index (χ1) is 9.43. The summed E-state index contributed by atoms with van der Waals surface area (Å²) >= 11 is 6.06. The molecule has 0 amide bonds. The summed E-state index contributed by atoms with van der Waals surface area (Å²) in [5.41, 5.74) is 0.640. The number of rotatable bonds is 4. The molecule has 1 aliphatic carbocycles. The molecule has 0 bridgehead atoms. The summed E-state index contributed by atoms with van der Waals surface area (Å²) in [4.78, 5) is 11.3. The minimum Gasteiger partial charge on any atom is -0.495 e. The molecule has 0 aromatic heterocycles. The number of ether oxygens (including phenoxy) is 1. The quantitative estimate of drug-likeness (QED) is 0.896. The van der Waals surface area contributed by atoms with Gasteiger partial charge in [-0.3, -0.25) is 4.79 Å². The molecule has 4 atom stereocenters. The summed E-state index contributed by atoms with van der Waals surface area (Å²) in [6, 6.07) is 5.07. The van der Waals surface area contributed by atoms with Gasteiger partial charge in [0.15, 0.2) is 0 Å². The summed E-state index contributed by atoms with van der Waals surface area (Å²) < 4.78 is 5.07. The molecule has 2 rings (SSSR count). The zero-order chi connectivity index (χ0) is 14.9. The molecule has 0 spiro atoms. The van der Waals surface area contributed by atoms with E-state index in [2.05, 4.69) is 0 Å². The molecule has 2 N–H and O–H groups in total. The van der Waals surface area contributed by atoms with Crippen molar-refractivity contribution in [3.05, 3.63) is 28.8 Å². The fourth-order valence-corrected chi connectivity index (χ4v) is 3.35. The fourth-order valence-electron chi connectivity index (χ4n) is 3.08. The van der Waals surface area contributed by atoms with Gasteiger partial charge >= 0.3 is 5.97 Å².